The van der Waals surface area contributed by atoms with E-state index in [0.717, 1.165) is 6.42 Å². The molecule has 12 heavy (non-hydrogen) atoms. The maximum Gasteiger partial charge on any atom is 0.404 e. The Labute approximate surface area is 73.1 Å². The van der Waals surface area contributed by atoms with Crippen molar-refractivity contribution in [2.24, 2.45) is 11.1 Å². The van der Waals surface area contributed by atoms with Crippen LogP contribution in [0.1, 0.15) is 27.2 Å². The zero-order valence-corrected chi connectivity index (χ0v) is 7.92. The second-order valence-corrected chi connectivity index (χ2v) is 4.15. The summed E-state index contributed by atoms with van der Waals surface area (Å²) in [6.45, 7) is 6.52. The maximum atomic E-state index is 10.3. The average molecular weight is 174 g/mol. The summed E-state index contributed by atoms with van der Waals surface area (Å²) in [5, 5.41) is 10.8. The zero-order valence-electron chi connectivity index (χ0n) is 7.92. The molecule has 0 bridgehead atoms. The van der Waals surface area contributed by atoms with Gasteiger partial charge >= 0.3 is 6.09 Å². The molecule has 0 saturated carbocycles. The quantitative estimate of drug-likeness (QED) is 0.598. The molecule has 0 aromatic carbocycles. The predicted molar refractivity (Wildman–Crippen MR) is 48.1 cm³/mol. The SMILES string of the molecule is CC(C)(C)CC(CN)NC(=O)O. The Morgan fingerprint density at radius 1 is 1.58 bits per heavy atom. The molecule has 0 aromatic rings. The van der Waals surface area contributed by atoms with E-state index in [2.05, 4.69) is 26.1 Å². The summed E-state index contributed by atoms with van der Waals surface area (Å²) in [6.07, 6.45) is -0.245. The van der Waals surface area contributed by atoms with Crippen LogP contribution < -0.4 is 11.1 Å². The van der Waals surface area contributed by atoms with Gasteiger partial charge in [-0.3, -0.25) is 0 Å². The van der Waals surface area contributed by atoms with Gasteiger partial charge in [0.1, 0.15) is 0 Å². The maximum absolute atomic E-state index is 10.3. The molecular weight excluding hydrogens is 156 g/mol. The van der Waals surface area contributed by atoms with Crippen LogP contribution in [0.5, 0.6) is 0 Å². The Hall–Kier alpha value is -0.770. The van der Waals surface area contributed by atoms with E-state index < -0.39 is 6.09 Å². The molecule has 4 heteroatoms. The highest BCUT2D eigenvalue weighted by atomic mass is 16.4. The highest BCUT2D eigenvalue weighted by Crippen LogP contribution is 2.20. The fourth-order valence-electron chi connectivity index (χ4n) is 1.11. The van der Waals surface area contributed by atoms with Gasteiger partial charge in [-0.05, 0) is 11.8 Å². The van der Waals surface area contributed by atoms with Crippen molar-refractivity contribution in [1.82, 2.24) is 5.32 Å². The van der Waals surface area contributed by atoms with Gasteiger partial charge in [-0.1, -0.05) is 20.8 Å². The molecule has 4 nitrogen and oxygen atoms in total. The van der Waals surface area contributed by atoms with Crippen LogP contribution in [0.25, 0.3) is 0 Å². The fraction of sp³-hybridized carbons (Fsp3) is 0.875. The number of carbonyl (C=O) groups is 1. The Balaban J connectivity index is 3.92. The highest BCUT2D eigenvalue weighted by molar-refractivity contribution is 5.64. The van der Waals surface area contributed by atoms with Crippen LogP contribution in [0.15, 0.2) is 0 Å². The van der Waals surface area contributed by atoms with Crippen molar-refractivity contribution in [2.75, 3.05) is 6.54 Å². The van der Waals surface area contributed by atoms with E-state index in [1.807, 2.05) is 0 Å². The van der Waals surface area contributed by atoms with Crippen molar-refractivity contribution in [2.45, 2.75) is 33.2 Å². The number of nitrogens with two attached hydrogens (primary N) is 1. The van der Waals surface area contributed by atoms with Crippen molar-refractivity contribution >= 4 is 6.09 Å². The Morgan fingerprint density at radius 3 is 2.33 bits per heavy atom. The van der Waals surface area contributed by atoms with Crippen LogP contribution in [0.2, 0.25) is 0 Å². The lowest BCUT2D eigenvalue weighted by Gasteiger charge is -2.24. The van der Waals surface area contributed by atoms with Crippen LogP contribution in [0.3, 0.4) is 0 Å². The van der Waals surface area contributed by atoms with E-state index in [0.29, 0.717) is 6.54 Å². The molecule has 0 heterocycles. The zero-order chi connectivity index (χ0) is 9.78. The predicted octanol–water partition coefficient (Wildman–Crippen LogP) is 1.02. The van der Waals surface area contributed by atoms with Gasteiger partial charge in [0.05, 0.1) is 0 Å². The molecule has 0 radical (unpaired) electrons. The molecule has 0 fully saturated rings. The highest BCUT2D eigenvalue weighted by Gasteiger charge is 2.18. The first-order valence-electron chi connectivity index (χ1n) is 4.04. The van der Waals surface area contributed by atoms with Crippen molar-refractivity contribution in [1.29, 1.82) is 0 Å². The molecule has 0 spiro atoms. The van der Waals surface area contributed by atoms with Crippen LogP contribution in [0, 0.1) is 5.41 Å². The summed E-state index contributed by atoms with van der Waals surface area (Å²) in [4.78, 5) is 10.3. The number of nitrogens with one attached hydrogen (secondary N) is 1. The second-order valence-electron chi connectivity index (χ2n) is 4.15. The van der Waals surface area contributed by atoms with E-state index in [1.165, 1.54) is 0 Å². The normalized spacial score (nSPS) is 14.0. The smallest absolute Gasteiger partial charge is 0.404 e. The molecule has 1 amide bonds. The van der Waals surface area contributed by atoms with Crippen molar-refractivity contribution in [3.05, 3.63) is 0 Å². The third kappa shape index (κ3) is 5.97. The third-order valence-corrected chi connectivity index (χ3v) is 1.47. The van der Waals surface area contributed by atoms with Gasteiger partial charge in [0.2, 0.25) is 0 Å². The molecule has 0 rings (SSSR count). The fourth-order valence-corrected chi connectivity index (χ4v) is 1.11. The summed E-state index contributed by atoms with van der Waals surface area (Å²) in [5.74, 6) is 0. The first kappa shape index (κ1) is 11.2. The van der Waals surface area contributed by atoms with E-state index in [1.54, 1.807) is 0 Å². The number of hydrogen-bond donors (Lipinski definition) is 3. The lowest BCUT2D eigenvalue weighted by Crippen LogP contribution is -2.41. The van der Waals surface area contributed by atoms with Crippen molar-refractivity contribution in [3.8, 4) is 0 Å². The second kappa shape index (κ2) is 4.30. The Morgan fingerprint density at radius 2 is 2.08 bits per heavy atom. The van der Waals surface area contributed by atoms with Gasteiger partial charge in [0, 0.05) is 12.6 Å². The first-order valence-corrected chi connectivity index (χ1v) is 4.04. The molecule has 0 aliphatic carbocycles. The van der Waals surface area contributed by atoms with Crippen molar-refractivity contribution in [3.63, 3.8) is 0 Å². The molecule has 0 aromatic heterocycles. The summed E-state index contributed by atoms with van der Waals surface area (Å²) < 4.78 is 0. The molecule has 72 valence electrons. The average Bonchev–Trinajstić information content (AvgIpc) is 1.82. The van der Waals surface area contributed by atoms with E-state index in [4.69, 9.17) is 10.8 Å². The molecule has 0 saturated heterocycles. The summed E-state index contributed by atoms with van der Waals surface area (Å²) in [5.41, 5.74) is 5.51. The number of amides is 1. The van der Waals surface area contributed by atoms with Gasteiger partial charge in [0.25, 0.3) is 0 Å². The monoisotopic (exact) mass is 174 g/mol. The molecule has 4 N–H and O–H groups in total. The lowest BCUT2D eigenvalue weighted by atomic mass is 9.88. The standard InChI is InChI=1S/C8H18N2O2/c1-8(2,3)4-6(5-9)10-7(11)12/h6,10H,4-5,9H2,1-3H3,(H,11,12). The van der Waals surface area contributed by atoms with Crippen LogP contribution in [0.4, 0.5) is 4.79 Å². The van der Waals surface area contributed by atoms with Gasteiger partial charge in [0.15, 0.2) is 0 Å². The van der Waals surface area contributed by atoms with Crippen LogP contribution >= 0.6 is 0 Å². The Bertz CT molecular complexity index is 152. The van der Waals surface area contributed by atoms with Crippen LogP contribution in [-0.4, -0.2) is 23.8 Å². The number of carboxylic acid groups (broad SMARTS) is 1. The van der Waals surface area contributed by atoms with Crippen LogP contribution in [-0.2, 0) is 0 Å². The van der Waals surface area contributed by atoms with Crippen molar-refractivity contribution < 1.29 is 9.90 Å². The lowest BCUT2D eigenvalue weighted by molar-refractivity contribution is 0.185. The van der Waals surface area contributed by atoms with E-state index >= 15 is 0 Å². The number of rotatable bonds is 3. The van der Waals surface area contributed by atoms with Gasteiger partial charge in [-0.25, -0.2) is 4.79 Å². The topological polar surface area (TPSA) is 75.3 Å². The Kier molecular flexibility index (Phi) is 4.03. The summed E-state index contributed by atoms with van der Waals surface area (Å²) in [6, 6.07) is -0.137. The largest absolute Gasteiger partial charge is 0.465 e. The molecule has 0 aliphatic heterocycles. The molecule has 1 unspecified atom stereocenters. The summed E-state index contributed by atoms with van der Waals surface area (Å²) >= 11 is 0. The number of hydrogen-bond acceptors (Lipinski definition) is 2. The van der Waals surface area contributed by atoms with Gasteiger partial charge in [-0.2, -0.15) is 0 Å². The van der Waals surface area contributed by atoms with Gasteiger partial charge < -0.3 is 16.2 Å². The molecular formula is C8H18N2O2. The summed E-state index contributed by atoms with van der Waals surface area (Å²) in [7, 11) is 0. The third-order valence-electron chi connectivity index (χ3n) is 1.47. The van der Waals surface area contributed by atoms with Gasteiger partial charge in [-0.15, -0.1) is 0 Å². The minimum Gasteiger partial charge on any atom is -0.465 e. The minimum atomic E-state index is -1.00. The molecule has 0 aliphatic rings. The van der Waals surface area contributed by atoms with E-state index in [-0.39, 0.29) is 11.5 Å². The molecule has 1 atom stereocenters. The van der Waals surface area contributed by atoms with E-state index in [9.17, 15) is 4.79 Å². The minimum absolute atomic E-state index is 0.104. The first-order chi connectivity index (χ1) is 5.35.